The predicted octanol–water partition coefficient (Wildman–Crippen LogP) is 7.53. The highest BCUT2D eigenvalue weighted by Crippen LogP contribution is 2.44. The lowest BCUT2D eigenvalue weighted by Crippen LogP contribution is -2.63. The highest BCUT2D eigenvalue weighted by atomic mass is 19.1. The molecule has 3 N–H and O–H groups in total. The van der Waals surface area contributed by atoms with Crippen molar-refractivity contribution < 1.29 is 27.6 Å². The topological polar surface area (TPSA) is 231 Å². The van der Waals surface area contributed by atoms with Crippen LogP contribution < -0.4 is 16.0 Å². The van der Waals surface area contributed by atoms with E-state index in [2.05, 4.69) is 143 Å². The molecule has 0 aliphatic carbocycles. The van der Waals surface area contributed by atoms with Crippen LogP contribution in [0.15, 0.2) is 67.0 Å². The smallest absolute Gasteiger partial charge is 0.321 e. The standard InChI is InChI=1S/C24H34FN7O.C22H30FN7O.C21H28FN7O/c1-14(2)20-13-30-8-6-7-16(30)11-31(20)23(33)32-12-17-18(24(32,4)5)9-27-21(17)29-22-19(25)10-26-15(3)28-22;1-13-10-28-7-5-6-15(28)11-29(13)21(31)30-12-16-17(22(30,3)4)8-25-19(16)27-20-18(23)9-24-14(2)26-20;1-13-23-10-17(22)19(25-13)26-18-15-12-29(21(2,3)16(15)9-24-18)20(30)28-8-7-27-6-4-5-14(27)11-28/h10,14,16,20H,6-9,11-13H2,1-5H3,(H,26,27,28,29);9,13,15H,5-8,10-12H2,1-4H3,(H,24,25,26,27);10,14H,4-9,11-12H2,1-3H3,(H,23,24,25,26)/t16-,20+;13-,15-;14-/m001/s1. The monoisotopic (exact) mass is 1300 g/mol. The van der Waals surface area contributed by atoms with Crippen LogP contribution in [0.2, 0.25) is 0 Å². The predicted molar refractivity (Wildman–Crippen MR) is 354 cm³/mol. The van der Waals surface area contributed by atoms with Crippen LogP contribution >= 0.6 is 0 Å². The van der Waals surface area contributed by atoms with Gasteiger partial charge in [-0.15, -0.1) is 0 Å². The molecule has 24 nitrogen and oxygen atoms in total. The minimum atomic E-state index is -0.518. The van der Waals surface area contributed by atoms with Crippen molar-refractivity contribution in [2.24, 2.45) is 20.9 Å². The lowest BCUT2D eigenvalue weighted by molar-refractivity contribution is 0.0324. The Balaban J connectivity index is 0.000000128. The minimum Gasteiger partial charge on any atom is -0.322 e. The molecule has 94 heavy (non-hydrogen) atoms. The zero-order valence-electron chi connectivity index (χ0n) is 56.7. The summed E-state index contributed by atoms with van der Waals surface area (Å²) in [6, 6.07) is 2.12. The van der Waals surface area contributed by atoms with Gasteiger partial charge in [0.2, 0.25) is 0 Å². The van der Waals surface area contributed by atoms with Crippen molar-refractivity contribution >= 4 is 53.1 Å². The Labute approximate surface area is 549 Å². The third kappa shape index (κ3) is 12.0. The highest BCUT2D eigenvalue weighted by Gasteiger charge is 2.52. The second-order valence-electron chi connectivity index (χ2n) is 29.2. The number of nitrogens with zero attached hydrogens (tertiary/aromatic N) is 18. The Morgan fingerprint density at radius 3 is 1.29 bits per heavy atom. The molecule has 15 heterocycles. The molecule has 6 amide bonds. The van der Waals surface area contributed by atoms with Crippen LogP contribution in [0.1, 0.15) is 118 Å². The lowest BCUT2D eigenvalue weighted by Gasteiger charge is -2.48. The van der Waals surface area contributed by atoms with Crippen molar-refractivity contribution in [1.82, 2.24) is 74.0 Å². The summed E-state index contributed by atoms with van der Waals surface area (Å²) in [4.78, 5) is 98.7. The minimum absolute atomic E-state index is 0.0851. The molecule has 0 saturated carbocycles. The molecule has 5 atom stereocenters. The SMILES string of the molecule is Cc1ncc(F)c(NC2=NCC3=C2CN(C(=O)N2CCN4CCC[C@@H]4C2)C3(C)C)n1.Cc1ncc(F)c(NC2=NCC3=C2CN(C(=O)N2C[C@@H]4CCCN4C[C@@H]2C(C)C)C3(C)C)n1.Cc1ncc(F)c(NC2=NCC3=C2CN(C(=O)N2C[C@@H]4CCCN4C[C@@H]2C)C3(C)C)n1. The van der Waals surface area contributed by atoms with E-state index >= 15 is 0 Å². The van der Waals surface area contributed by atoms with E-state index in [-0.39, 0.29) is 47.6 Å². The molecule has 15 rings (SSSR count). The Morgan fingerprint density at radius 2 is 0.862 bits per heavy atom. The Morgan fingerprint density at radius 1 is 0.489 bits per heavy atom. The number of piperazine rings is 3. The number of carbonyl (C=O) groups excluding carboxylic acids is 3. The Bertz CT molecular complexity index is 3730. The molecule has 6 saturated heterocycles. The summed E-state index contributed by atoms with van der Waals surface area (Å²) in [5, 5.41) is 9.14. The summed E-state index contributed by atoms with van der Waals surface area (Å²) in [5.41, 5.74) is 4.96. The largest absolute Gasteiger partial charge is 0.322 e. The molecule has 0 unspecified atom stereocenters. The summed E-state index contributed by atoms with van der Waals surface area (Å²) >= 11 is 0. The number of anilines is 3. The van der Waals surface area contributed by atoms with Gasteiger partial charge in [-0.2, -0.15) is 0 Å². The maximum atomic E-state index is 14.3. The van der Waals surface area contributed by atoms with Gasteiger partial charge in [-0.25, -0.2) is 57.5 Å². The van der Waals surface area contributed by atoms with E-state index in [0.717, 1.165) is 118 Å². The third-order valence-electron chi connectivity index (χ3n) is 22.1. The van der Waals surface area contributed by atoms with Crippen LogP contribution in [-0.2, 0) is 0 Å². The molecule has 0 radical (unpaired) electrons. The van der Waals surface area contributed by atoms with E-state index in [1.165, 1.54) is 38.3 Å². The number of carbonyl (C=O) groups is 3. The van der Waals surface area contributed by atoms with Gasteiger partial charge >= 0.3 is 18.1 Å². The number of urea groups is 3. The van der Waals surface area contributed by atoms with Crippen LogP contribution in [-0.4, -0.2) is 261 Å². The van der Waals surface area contributed by atoms with Crippen molar-refractivity contribution in [3.8, 4) is 0 Å². The molecule has 3 aromatic heterocycles. The van der Waals surface area contributed by atoms with Crippen LogP contribution in [0.25, 0.3) is 0 Å². The first-order valence-electron chi connectivity index (χ1n) is 33.8. The van der Waals surface area contributed by atoms with Gasteiger partial charge in [0.05, 0.1) is 74.5 Å². The van der Waals surface area contributed by atoms with Gasteiger partial charge in [-0.3, -0.25) is 29.7 Å². The van der Waals surface area contributed by atoms with Crippen molar-refractivity contribution in [2.45, 2.75) is 168 Å². The molecule has 504 valence electrons. The zero-order valence-corrected chi connectivity index (χ0v) is 56.7. The van der Waals surface area contributed by atoms with Gasteiger partial charge in [-0.05, 0) is 150 Å². The maximum absolute atomic E-state index is 14.3. The number of aliphatic imine (C=N–C) groups is 3. The van der Waals surface area contributed by atoms with Crippen molar-refractivity contribution in [3.63, 3.8) is 0 Å². The molecule has 12 aliphatic rings. The van der Waals surface area contributed by atoms with Gasteiger partial charge in [-0.1, -0.05) is 13.8 Å². The van der Waals surface area contributed by atoms with E-state index in [9.17, 15) is 27.6 Å². The molecular formula is C67H92F3N21O3. The number of halogens is 3. The number of hydrogen-bond acceptors (Lipinski definition) is 18. The average Bonchev–Trinajstić information content (AvgIpc) is 1.59. The first-order valence-corrected chi connectivity index (χ1v) is 33.8. The highest BCUT2D eigenvalue weighted by molar-refractivity contribution is 6.13. The molecular weight excluding hydrogens is 1200 g/mol. The third-order valence-corrected chi connectivity index (χ3v) is 22.1. The second kappa shape index (κ2) is 25.2. The first kappa shape index (κ1) is 65.0. The van der Waals surface area contributed by atoms with Crippen LogP contribution in [0.5, 0.6) is 0 Å². The van der Waals surface area contributed by atoms with Gasteiger partial charge in [0.15, 0.2) is 34.9 Å². The van der Waals surface area contributed by atoms with Crippen LogP contribution in [0, 0.1) is 44.1 Å². The van der Waals surface area contributed by atoms with Gasteiger partial charge < -0.3 is 45.3 Å². The van der Waals surface area contributed by atoms with E-state index in [4.69, 9.17) is 0 Å². The van der Waals surface area contributed by atoms with Crippen molar-refractivity contribution in [1.29, 1.82) is 0 Å². The van der Waals surface area contributed by atoms with E-state index in [1.807, 2.05) is 24.5 Å². The Kier molecular flexibility index (Phi) is 17.4. The van der Waals surface area contributed by atoms with Crippen LogP contribution in [0.3, 0.4) is 0 Å². The van der Waals surface area contributed by atoms with E-state index < -0.39 is 34.1 Å². The van der Waals surface area contributed by atoms with Crippen molar-refractivity contribution in [3.05, 3.63) is 87.0 Å². The molecule has 27 heteroatoms. The van der Waals surface area contributed by atoms with Crippen LogP contribution in [0.4, 0.5) is 45.0 Å². The fourth-order valence-corrected chi connectivity index (χ4v) is 16.4. The summed E-state index contributed by atoms with van der Waals surface area (Å²) in [7, 11) is 0. The number of fused-ring (bicyclic) bond motifs is 3. The van der Waals surface area contributed by atoms with Gasteiger partial charge in [0.25, 0.3) is 0 Å². The number of aryl methyl sites for hydroxylation is 3. The molecule has 3 aromatic rings. The number of nitrogens with one attached hydrogen (secondary N) is 3. The summed E-state index contributed by atoms with van der Waals surface area (Å²) in [6.07, 6.45) is 10.6. The Hall–Kier alpha value is -7.65. The van der Waals surface area contributed by atoms with Gasteiger partial charge in [0.1, 0.15) is 35.0 Å². The fraction of sp³-hybridized carbons (Fsp3) is 0.642. The van der Waals surface area contributed by atoms with E-state index in [1.54, 1.807) is 20.8 Å². The first-order chi connectivity index (χ1) is 44.8. The quantitative estimate of drug-likeness (QED) is 0.229. The molecule has 0 spiro atoms. The summed E-state index contributed by atoms with van der Waals surface area (Å²) < 4.78 is 42.6. The van der Waals surface area contributed by atoms with Crippen molar-refractivity contribution in [2.75, 3.05) is 121 Å². The summed E-state index contributed by atoms with van der Waals surface area (Å²) in [6.45, 7) is 36.6. The van der Waals surface area contributed by atoms with Gasteiger partial charge in [0, 0.05) is 92.7 Å². The number of amides is 6. The fourth-order valence-electron chi connectivity index (χ4n) is 16.4. The second-order valence-corrected chi connectivity index (χ2v) is 29.2. The maximum Gasteiger partial charge on any atom is 0.321 e. The number of rotatable bonds is 4. The number of aromatic nitrogens is 6. The normalized spacial score (nSPS) is 26.6. The zero-order chi connectivity index (χ0) is 66.4. The molecule has 0 bridgehead atoms. The molecule has 6 fully saturated rings. The number of amidine groups is 3. The average molecular weight is 1300 g/mol. The number of hydrogen-bond donors (Lipinski definition) is 3. The lowest BCUT2D eigenvalue weighted by atomic mass is 9.93. The van der Waals surface area contributed by atoms with E-state index in [0.29, 0.717) is 98.3 Å². The summed E-state index contributed by atoms with van der Waals surface area (Å²) in [5.74, 6) is 2.47. The molecule has 12 aliphatic heterocycles. The molecule has 0 aromatic carbocycles.